The first-order valence-corrected chi connectivity index (χ1v) is 5.61. The van der Waals surface area contributed by atoms with E-state index in [0.29, 0.717) is 5.82 Å². The lowest BCUT2D eigenvalue weighted by Crippen LogP contribution is -2.60. The molecule has 2 rings (SSSR count). The summed E-state index contributed by atoms with van der Waals surface area (Å²) in [7, 11) is 0. The van der Waals surface area contributed by atoms with Gasteiger partial charge in [0, 0.05) is 6.20 Å². The van der Waals surface area contributed by atoms with Crippen molar-refractivity contribution in [3.8, 4) is 0 Å². The first kappa shape index (κ1) is 13.2. The zero-order valence-electron chi connectivity index (χ0n) is 9.55. The number of pyridine rings is 1. The molecule has 1 fully saturated rings. The van der Waals surface area contributed by atoms with Crippen LogP contribution in [0.3, 0.4) is 0 Å². The van der Waals surface area contributed by atoms with E-state index in [2.05, 4.69) is 10.3 Å². The molecule has 1 aromatic heterocycles. The molecule has 100 valence electrons. The highest BCUT2D eigenvalue weighted by Crippen LogP contribution is 2.21. The quantitative estimate of drug-likeness (QED) is 0.437. The van der Waals surface area contributed by atoms with Gasteiger partial charge in [-0.1, -0.05) is 6.07 Å². The Hall–Kier alpha value is -1.25. The van der Waals surface area contributed by atoms with Crippen LogP contribution in [0, 0.1) is 0 Å². The standard InChI is InChI=1S/C11H16N2O5/c14-5-6-8(15)9(16)10(17)11(18-6)13-7-3-1-2-4-12-7/h1-4,6,8-11,14-17H,5H2,(H,12,13)/t6-,8+,9-,10+,11-/m0/s1. The monoisotopic (exact) mass is 256 g/mol. The summed E-state index contributed by atoms with van der Waals surface area (Å²) in [6.07, 6.45) is -4.37. The molecule has 7 heteroatoms. The van der Waals surface area contributed by atoms with Gasteiger partial charge in [-0.05, 0) is 12.1 Å². The van der Waals surface area contributed by atoms with Gasteiger partial charge in [-0.15, -0.1) is 0 Å². The normalized spacial score (nSPS) is 36.3. The Kier molecular flexibility index (Phi) is 4.10. The van der Waals surface area contributed by atoms with Gasteiger partial charge in [-0.25, -0.2) is 4.98 Å². The van der Waals surface area contributed by atoms with E-state index < -0.39 is 37.3 Å². The van der Waals surface area contributed by atoms with Crippen molar-refractivity contribution in [2.24, 2.45) is 0 Å². The van der Waals surface area contributed by atoms with Gasteiger partial charge in [0.1, 0.15) is 30.2 Å². The predicted molar refractivity (Wildman–Crippen MR) is 61.6 cm³/mol. The lowest BCUT2D eigenvalue weighted by molar-refractivity contribution is -0.221. The van der Waals surface area contributed by atoms with E-state index in [1.54, 1.807) is 24.4 Å². The highest BCUT2D eigenvalue weighted by molar-refractivity contribution is 5.34. The molecular formula is C11H16N2O5. The minimum atomic E-state index is -1.39. The highest BCUT2D eigenvalue weighted by Gasteiger charge is 2.43. The summed E-state index contributed by atoms with van der Waals surface area (Å²) in [6.45, 7) is -0.453. The molecule has 0 radical (unpaired) electrons. The van der Waals surface area contributed by atoms with Gasteiger partial charge in [0.15, 0.2) is 6.23 Å². The van der Waals surface area contributed by atoms with Crippen LogP contribution in [0.15, 0.2) is 24.4 Å². The SMILES string of the molecule is OC[C@@H]1O[C@H](Nc2ccccn2)[C@H](O)[C@@H](O)[C@@H]1O. The Bertz CT molecular complexity index is 375. The van der Waals surface area contributed by atoms with E-state index in [0.717, 1.165) is 0 Å². The second-order valence-electron chi connectivity index (χ2n) is 4.11. The largest absolute Gasteiger partial charge is 0.394 e. The van der Waals surface area contributed by atoms with Crippen LogP contribution in [0.5, 0.6) is 0 Å². The zero-order chi connectivity index (χ0) is 13.1. The highest BCUT2D eigenvalue weighted by atomic mass is 16.6. The van der Waals surface area contributed by atoms with Crippen molar-refractivity contribution in [3.05, 3.63) is 24.4 Å². The van der Waals surface area contributed by atoms with Crippen molar-refractivity contribution >= 4 is 5.82 Å². The smallest absolute Gasteiger partial charge is 0.158 e. The predicted octanol–water partition coefficient (Wildman–Crippen LogP) is -1.71. The van der Waals surface area contributed by atoms with Crippen LogP contribution in [0.2, 0.25) is 0 Å². The number of nitrogens with one attached hydrogen (secondary N) is 1. The molecule has 7 nitrogen and oxygen atoms in total. The van der Waals surface area contributed by atoms with Crippen molar-refractivity contribution in [1.29, 1.82) is 0 Å². The molecule has 5 atom stereocenters. The van der Waals surface area contributed by atoms with Crippen LogP contribution in [-0.2, 0) is 4.74 Å². The van der Waals surface area contributed by atoms with Crippen LogP contribution in [-0.4, -0.2) is 62.7 Å². The third-order valence-electron chi connectivity index (χ3n) is 2.85. The number of anilines is 1. The van der Waals surface area contributed by atoms with Gasteiger partial charge in [-0.2, -0.15) is 0 Å². The minimum Gasteiger partial charge on any atom is -0.394 e. The molecule has 1 saturated heterocycles. The fourth-order valence-electron chi connectivity index (χ4n) is 1.81. The van der Waals surface area contributed by atoms with E-state index in [-0.39, 0.29) is 0 Å². The summed E-state index contributed by atoms with van der Waals surface area (Å²) in [5.74, 6) is 0.460. The van der Waals surface area contributed by atoms with Gasteiger partial charge in [-0.3, -0.25) is 0 Å². The molecule has 1 aromatic rings. The van der Waals surface area contributed by atoms with Crippen LogP contribution in [0.25, 0.3) is 0 Å². The van der Waals surface area contributed by atoms with E-state index in [4.69, 9.17) is 9.84 Å². The van der Waals surface area contributed by atoms with Crippen molar-refractivity contribution in [3.63, 3.8) is 0 Å². The second kappa shape index (κ2) is 5.59. The lowest BCUT2D eigenvalue weighted by atomic mass is 9.98. The number of rotatable bonds is 3. The maximum atomic E-state index is 9.78. The van der Waals surface area contributed by atoms with Gasteiger partial charge < -0.3 is 30.5 Å². The second-order valence-corrected chi connectivity index (χ2v) is 4.11. The number of hydrogen-bond acceptors (Lipinski definition) is 7. The molecular weight excluding hydrogens is 240 g/mol. The lowest BCUT2D eigenvalue weighted by Gasteiger charge is -2.40. The minimum absolute atomic E-state index is 0.453. The van der Waals surface area contributed by atoms with Crippen LogP contribution in [0.4, 0.5) is 5.82 Å². The maximum absolute atomic E-state index is 9.78. The summed E-state index contributed by atoms with van der Waals surface area (Å²) in [5.41, 5.74) is 0. The summed E-state index contributed by atoms with van der Waals surface area (Å²) in [4.78, 5) is 3.99. The number of aromatic nitrogens is 1. The maximum Gasteiger partial charge on any atom is 0.158 e. The van der Waals surface area contributed by atoms with E-state index in [1.807, 2.05) is 0 Å². The first-order chi connectivity index (χ1) is 8.63. The zero-order valence-corrected chi connectivity index (χ0v) is 9.55. The summed E-state index contributed by atoms with van der Waals surface area (Å²) < 4.78 is 5.27. The molecule has 18 heavy (non-hydrogen) atoms. The van der Waals surface area contributed by atoms with Gasteiger partial charge in [0.05, 0.1) is 6.61 Å². The van der Waals surface area contributed by atoms with Gasteiger partial charge in [0.25, 0.3) is 0 Å². The molecule has 0 unspecified atom stereocenters. The molecule has 5 N–H and O–H groups in total. The van der Waals surface area contributed by atoms with Gasteiger partial charge >= 0.3 is 0 Å². The van der Waals surface area contributed by atoms with E-state index in [9.17, 15) is 15.3 Å². The summed E-state index contributed by atoms with van der Waals surface area (Å²) in [6, 6.07) is 5.15. The van der Waals surface area contributed by atoms with E-state index >= 15 is 0 Å². The first-order valence-electron chi connectivity index (χ1n) is 5.61. The average molecular weight is 256 g/mol. The van der Waals surface area contributed by atoms with Crippen LogP contribution in [0.1, 0.15) is 0 Å². The number of aliphatic hydroxyl groups excluding tert-OH is 4. The molecule has 0 aromatic carbocycles. The Labute approximate surface area is 104 Å². The molecule has 0 amide bonds. The molecule has 1 aliphatic heterocycles. The van der Waals surface area contributed by atoms with Crippen molar-refractivity contribution in [2.45, 2.75) is 30.6 Å². The molecule has 1 aliphatic rings. The van der Waals surface area contributed by atoms with Crippen LogP contribution >= 0.6 is 0 Å². The fraction of sp³-hybridized carbons (Fsp3) is 0.545. The molecule has 0 bridgehead atoms. The van der Waals surface area contributed by atoms with Crippen LogP contribution < -0.4 is 5.32 Å². The molecule has 0 spiro atoms. The summed E-state index contributed by atoms with van der Waals surface area (Å²) in [5, 5.41) is 40.8. The van der Waals surface area contributed by atoms with Crippen molar-refractivity contribution in [2.75, 3.05) is 11.9 Å². The van der Waals surface area contributed by atoms with E-state index in [1.165, 1.54) is 0 Å². The topological polar surface area (TPSA) is 115 Å². The number of nitrogens with zero attached hydrogens (tertiary/aromatic N) is 1. The molecule has 0 aliphatic carbocycles. The van der Waals surface area contributed by atoms with Crippen molar-refractivity contribution < 1.29 is 25.2 Å². The number of aliphatic hydroxyl groups is 4. The fourth-order valence-corrected chi connectivity index (χ4v) is 1.81. The Morgan fingerprint density at radius 2 is 1.94 bits per heavy atom. The Balaban J connectivity index is 2.08. The van der Waals surface area contributed by atoms with Gasteiger partial charge in [0.2, 0.25) is 0 Å². The average Bonchev–Trinajstić information content (AvgIpc) is 2.40. The Morgan fingerprint density at radius 3 is 2.56 bits per heavy atom. The molecule has 2 heterocycles. The number of hydrogen-bond donors (Lipinski definition) is 5. The summed E-state index contributed by atoms with van der Waals surface area (Å²) >= 11 is 0. The third kappa shape index (κ3) is 2.60. The number of ether oxygens (including phenoxy) is 1. The molecule has 0 saturated carbocycles. The Morgan fingerprint density at radius 1 is 1.17 bits per heavy atom. The third-order valence-corrected chi connectivity index (χ3v) is 2.85. The van der Waals surface area contributed by atoms with Crippen molar-refractivity contribution in [1.82, 2.24) is 4.98 Å².